The van der Waals surface area contributed by atoms with Gasteiger partial charge in [0.25, 0.3) is 0 Å². The average Bonchev–Trinajstić information content (AvgIpc) is 2.68. The Morgan fingerprint density at radius 3 is 2.50 bits per heavy atom. The molecule has 0 saturated carbocycles. The SMILES string of the molecule is COc1cccc(Nc2nc(=O)c(OC)cn2Cc2ccc(F)c(F)c2)c1C. The summed E-state index contributed by atoms with van der Waals surface area (Å²) in [5, 5.41) is 3.10. The summed E-state index contributed by atoms with van der Waals surface area (Å²) in [6, 6.07) is 9.04. The van der Waals surface area contributed by atoms with Crippen molar-refractivity contribution in [3.8, 4) is 11.5 Å². The molecule has 1 aromatic heterocycles. The molecule has 0 aliphatic carbocycles. The van der Waals surface area contributed by atoms with E-state index in [0.29, 0.717) is 17.0 Å². The lowest BCUT2D eigenvalue weighted by atomic mass is 10.2. The number of rotatable bonds is 6. The van der Waals surface area contributed by atoms with Crippen molar-refractivity contribution in [1.29, 1.82) is 0 Å². The first-order chi connectivity index (χ1) is 13.4. The highest BCUT2D eigenvalue weighted by atomic mass is 19.2. The van der Waals surface area contributed by atoms with Crippen LogP contribution in [0.1, 0.15) is 11.1 Å². The van der Waals surface area contributed by atoms with Gasteiger partial charge in [0.05, 0.1) is 27.0 Å². The van der Waals surface area contributed by atoms with Gasteiger partial charge >= 0.3 is 5.56 Å². The molecule has 3 aromatic rings. The van der Waals surface area contributed by atoms with Gasteiger partial charge in [-0.3, -0.25) is 4.79 Å². The van der Waals surface area contributed by atoms with Gasteiger partial charge in [-0.05, 0) is 36.8 Å². The molecule has 0 fully saturated rings. The Morgan fingerprint density at radius 1 is 1.07 bits per heavy atom. The third-order valence-corrected chi connectivity index (χ3v) is 4.27. The summed E-state index contributed by atoms with van der Waals surface area (Å²) in [5.41, 5.74) is 1.47. The summed E-state index contributed by atoms with van der Waals surface area (Å²) in [7, 11) is 2.93. The van der Waals surface area contributed by atoms with Crippen LogP contribution in [0.25, 0.3) is 0 Å². The summed E-state index contributed by atoms with van der Waals surface area (Å²) in [5.74, 6) is -0.934. The molecular weight excluding hydrogens is 368 g/mol. The maximum absolute atomic E-state index is 13.6. The fourth-order valence-electron chi connectivity index (χ4n) is 2.76. The maximum atomic E-state index is 13.6. The predicted molar refractivity (Wildman–Crippen MR) is 102 cm³/mol. The normalized spacial score (nSPS) is 10.6. The van der Waals surface area contributed by atoms with E-state index in [1.54, 1.807) is 17.7 Å². The van der Waals surface area contributed by atoms with Crippen LogP contribution in [0.2, 0.25) is 0 Å². The number of benzene rings is 2. The van der Waals surface area contributed by atoms with Crippen molar-refractivity contribution in [3.63, 3.8) is 0 Å². The Balaban J connectivity index is 2.03. The van der Waals surface area contributed by atoms with Crippen molar-refractivity contribution in [2.24, 2.45) is 0 Å². The monoisotopic (exact) mass is 387 g/mol. The molecule has 0 aliphatic rings. The van der Waals surface area contributed by atoms with Crippen LogP contribution in [0.15, 0.2) is 47.4 Å². The highest BCUT2D eigenvalue weighted by Gasteiger charge is 2.13. The van der Waals surface area contributed by atoms with E-state index in [-0.39, 0.29) is 18.2 Å². The van der Waals surface area contributed by atoms with Crippen LogP contribution in [0, 0.1) is 18.6 Å². The second-order valence-corrected chi connectivity index (χ2v) is 6.07. The van der Waals surface area contributed by atoms with Gasteiger partial charge in [-0.2, -0.15) is 4.98 Å². The van der Waals surface area contributed by atoms with E-state index in [0.717, 1.165) is 17.7 Å². The van der Waals surface area contributed by atoms with Gasteiger partial charge in [0.15, 0.2) is 11.6 Å². The molecule has 8 heteroatoms. The Labute approximate surface area is 160 Å². The van der Waals surface area contributed by atoms with E-state index < -0.39 is 17.2 Å². The highest BCUT2D eigenvalue weighted by Crippen LogP contribution is 2.27. The standard InChI is InChI=1S/C20H19F2N3O3/c1-12-16(5-4-6-17(12)27-2)23-20-24-19(26)18(28-3)11-25(20)10-13-7-8-14(21)15(22)9-13/h4-9,11H,10H2,1-3H3,(H,23,24,26). The number of hydrogen-bond donors (Lipinski definition) is 1. The summed E-state index contributed by atoms with van der Waals surface area (Å²) >= 11 is 0. The topological polar surface area (TPSA) is 65.4 Å². The third kappa shape index (κ3) is 3.95. The third-order valence-electron chi connectivity index (χ3n) is 4.27. The minimum absolute atomic E-state index is 0.0375. The smallest absolute Gasteiger partial charge is 0.316 e. The van der Waals surface area contributed by atoms with Gasteiger partial charge in [0.1, 0.15) is 5.75 Å². The minimum atomic E-state index is -0.948. The molecule has 146 valence electrons. The largest absolute Gasteiger partial charge is 0.496 e. The number of methoxy groups -OCH3 is 2. The van der Waals surface area contributed by atoms with Crippen molar-refractivity contribution < 1.29 is 18.3 Å². The van der Waals surface area contributed by atoms with Gasteiger partial charge in [0.2, 0.25) is 11.7 Å². The Morgan fingerprint density at radius 2 is 1.82 bits per heavy atom. The number of nitrogens with zero attached hydrogens (tertiary/aromatic N) is 2. The number of ether oxygens (including phenoxy) is 2. The Hall–Kier alpha value is -3.42. The molecular formula is C20H19F2N3O3. The van der Waals surface area contributed by atoms with Gasteiger partial charge < -0.3 is 19.4 Å². The lowest BCUT2D eigenvalue weighted by Crippen LogP contribution is -2.19. The van der Waals surface area contributed by atoms with Crippen molar-refractivity contribution in [1.82, 2.24) is 9.55 Å². The molecule has 1 N–H and O–H groups in total. The second-order valence-electron chi connectivity index (χ2n) is 6.07. The maximum Gasteiger partial charge on any atom is 0.316 e. The number of anilines is 2. The number of nitrogens with one attached hydrogen (secondary N) is 1. The van der Waals surface area contributed by atoms with Crippen molar-refractivity contribution in [2.75, 3.05) is 19.5 Å². The minimum Gasteiger partial charge on any atom is -0.496 e. The number of aromatic nitrogens is 2. The first-order valence-corrected chi connectivity index (χ1v) is 8.43. The zero-order chi connectivity index (χ0) is 20.3. The van der Waals surface area contributed by atoms with Crippen molar-refractivity contribution >= 4 is 11.6 Å². The first kappa shape index (κ1) is 19.3. The molecule has 28 heavy (non-hydrogen) atoms. The molecule has 1 heterocycles. The summed E-state index contributed by atoms with van der Waals surface area (Å²) in [6.07, 6.45) is 1.47. The van der Waals surface area contributed by atoms with Crippen LogP contribution in [-0.2, 0) is 6.54 Å². The van der Waals surface area contributed by atoms with Crippen molar-refractivity contribution in [2.45, 2.75) is 13.5 Å². The molecule has 0 radical (unpaired) electrons. The van der Waals surface area contributed by atoms with E-state index in [1.165, 1.54) is 19.4 Å². The molecule has 0 amide bonds. The van der Waals surface area contributed by atoms with E-state index >= 15 is 0 Å². The van der Waals surface area contributed by atoms with Gasteiger partial charge in [-0.1, -0.05) is 12.1 Å². The van der Waals surface area contributed by atoms with Crippen LogP contribution in [0.4, 0.5) is 20.4 Å². The van der Waals surface area contributed by atoms with Gasteiger partial charge in [-0.25, -0.2) is 8.78 Å². The van der Waals surface area contributed by atoms with E-state index in [4.69, 9.17) is 9.47 Å². The quantitative estimate of drug-likeness (QED) is 0.700. The number of halogens is 2. The van der Waals surface area contributed by atoms with Gasteiger partial charge in [0, 0.05) is 11.3 Å². The van der Waals surface area contributed by atoms with Crippen molar-refractivity contribution in [3.05, 3.63) is 75.7 Å². The molecule has 0 aliphatic heterocycles. The molecule has 6 nitrogen and oxygen atoms in total. The highest BCUT2D eigenvalue weighted by molar-refractivity contribution is 5.62. The molecule has 0 saturated heterocycles. The summed E-state index contributed by atoms with van der Waals surface area (Å²) < 4.78 is 38.7. The molecule has 0 bridgehead atoms. The molecule has 2 aromatic carbocycles. The first-order valence-electron chi connectivity index (χ1n) is 8.43. The lowest BCUT2D eigenvalue weighted by Gasteiger charge is -2.17. The van der Waals surface area contributed by atoms with E-state index in [1.807, 2.05) is 19.1 Å². The fraction of sp³-hybridized carbons (Fsp3) is 0.200. The lowest BCUT2D eigenvalue weighted by molar-refractivity contribution is 0.402. The van der Waals surface area contributed by atoms with Crippen LogP contribution >= 0.6 is 0 Å². The van der Waals surface area contributed by atoms with Crippen LogP contribution in [0.3, 0.4) is 0 Å². The molecule has 0 spiro atoms. The fourth-order valence-corrected chi connectivity index (χ4v) is 2.76. The Kier molecular flexibility index (Phi) is 5.58. The van der Waals surface area contributed by atoms with Crippen LogP contribution in [-0.4, -0.2) is 23.8 Å². The van der Waals surface area contributed by atoms with Crippen LogP contribution in [0.5, 0.6) is 11.5 Å². The zero-order valence-electron chi connectivity index (χ0n) is 15.6. The number of hydrogen-bond acceptors (Lipinski definition) is 5. The molecule has 3 rings (SSSR count). The zero-order valence-corrected chi connectivity index (χ0v) is 15.6. The molecule has 0 atom stereocenters. The second kappa shape index (κ2) is 8.08. The predicted octanol–water partition coefficient (Wildman–Crippen LogP) is 3.64. The van der Waals surface area contributed by atoms with E-state index in [9.17, 15) is 13.6 Å². The summed E-state index contributed by atoms with van der Waals surface area (Å²) in [6.45, 7) is 2.01. The van der Waals surface area contributed by atoms with E-state index in [2.05, 4.69) is 10.3 Å². The average molecular weight is 387 g/mol. The van der Waals surface area contributed by atoms with Gasteiger partial charge in [-0.15, -0.1) is 0 Å². The molecule has 0 unspecified atom stereocenters. The van der Waals surface area contributed by atoms with Crippen LogP contribution < -0.4 is 20.3 Å². The summed E-state index contributed by atoms with van der Waals surface area (Å²) in [4.78, 5) is 16.2. The Bertz CT molecular complexity index is 1070.